The first kappa shape index (κ1) is 26.7. The van der Waals surface area contributed by atoms with Crippen molar-refractivity contribution in [2.24, 2.45) is 11.7 Å². The molecule has 204 valence electrons. The van der Waals surface area contributed by atoms with E-state index in [0.29, 0.717) is 37.6 Å². The standard InChI is InChI=1S/C31H40FN3O3/c32-31(16-4-1-5-17-31)22-34-19-14-23(15-20-34)21-38-25-12-10-24(11-13-25)26-7-2-3-8-27(26)30(37)35-18-6-9-28(35)29(33)36/h2-3,7-8,10-13,23,28H,1,4-6,9,14-22H2,(H2,33,36)/t28-/m0/s1. The number of hydrogen-bond acceptors (Lipinski definition) is 4. The molecule has 2 aliphatic heterocycles. The first-order chi connectivity index (χ1) is 18.4. The quantitative estimate of drug-likeness (QED) is 0.518. The van der Waals surface area contributed by atoms with Gasteiger partial charge < -0.3 is 20.3 Å². The molecule has 1 saturated carbocycles. The summed E-state index contributed by atoms with van der Waals surface area (Å²) in [5, 5.41) is 0. The van der Waals surface area contributed by atoms with E-state index in [-0.39, 0.29) is 5.91 Å². The molecule has 6 nitrogen and oxygen atoms in total. The summed E-state index contributed by atoms with van der Waals surface area (Å²) in [4.78, 5) is 29.1. The van der Waals surface area contributed by atoms with Gasteiger partial charge in [-0.25, -0.2) is 4.39 Å². The number of benzene rings is 2. The van der Waals surface area contributed by atoms with E-state index in [9.17, 15) is 9.59 Å². The van der Waals surface area contributed by atoms with Crippen molar-refractivity contribution in [1.82, 2.24) is 9.80 Å². The molecule has 2 saturated heterocycles. The molecule has 7 heteroatoms. The van der Waals surface area contributed by atoms with E-state index in [1.807, 2.05) is 48.5 Å². The smallest absolute Gasteiger partial charge is 0.255 e. The zero-order valence-electron chi connectivity index (χ0n) is 22.2. The van der Waals surface area contributed by atoms with Gasteiger partial charge in [-0.15, -0.1) is 0 Å². The molecule has 3 aliphatic rings. The normalized spacial score (nSPS) is 22.3. The highest BCUT2D eigenvalue weighted by molar-refractivity contribution is 6.03. The van der Waals surface area contributed by atoms with Gasteiger partial charge in [-0.1, -0.05) is 49.6 Å². The van der Waals surface area contributed by atoms with Crippen molar-refractivity contribution >= 4 is 11.8 Å². The van der Waals surface area contributed by atoms with Crippen molar-refractivity contribution in [2.45, 2.75) is 69.5 Å². The average molecular weight is 522 g/mol. The van der Waals surface area contributed by atoms with E-state index in [4.69, 9.17) is 10.5 Å². The largest absolute Gasteiger partial charge is 0.493 e. The second-order valence-corrected chi connectivity index (χ2v) is 11.4. The fraction of sp³-hybridized carbons (Fsp3) is 0.548. The van der Waals surface area contributed by atoms with Crippen LogP contribution in [0.1, 0.15) is 68.1 Å². The van der Waals surface area contributed by atoms with Crippen molar-refractivity contribution < 1.29 is 18.7 Å². The summed E-state index contributed by atoms with van der Waals surface area (Å²) in [7, 11) is 0. The van der Waals surface area contributed by atoms with Crippen LogP contribution in [-0.4, -0.2) is 66.1 Å². The van der Waals surface area contributed by atoms with Crippen LogP contribution < -0.4 is 10.5 Å². The predicted octanol–water partition coefficient (Wildman–Crippen LogP) is 5.21. The second-order valence-electron chi connectivity index (χ2n) is 11.4. The number of rotatable bonds is 8. The summed E-state index contributed by atoms with van der Waals surface area (Å²) in [6.07, 6.45) is 8.12. The molecule has 2 aromatic carbocycles. The maximum absolute atomic E-state index is 15.1. The van der Waals surface area contributed by atoms with Crippen LogP contribution in [0.15, 0.2) is 48.5 Å². The maximum Gasteiger partial charge on any atom is 0.255 e. The molecule has 38 heavy (non-hydrogen) atoms. The van der Waals surface area contributed by atoms with Crippen molar-refractivity contribution in [2.75, 3.05) is 32.8 Å². The Labute approximate surface area is 225 Å². The molecular formula is C31H40FN3O3. The third kappa shape index (κ3) is 6.20. The van der Waals surface area contributed by atoms with Gasteiger partial charge >= 0.3 is 0 Å². The SMILES string of the molecule is NC(=O)[C@@H]1CCCN1C(=O)c1ccccc1-c1ccc(OCC2CCN(CC3(F)CCCCC3)CC2)cc1. The lowest BCUT2D eigenvalue weighted by molar-refractivity contribution is -0.121. The summed E-state index contributed by atoms with van der Waals surface area (Å²) in [5.74, 6) is 0.676. The molecule has 0 aromatic heterocycles. The molecule has 0 bridgehead atoms. The third-order valence-corrected chi connectivity index (χ3v) is 8.61. The van der Waals surface area contributed by atoms with Gasteiger partial charge in [0.15, 0.2) is 0 Å². The van der Waals surface area contributed by atoms with Crippen molar-refractivity contribution in [3.05, 3.63) is 54.1 Å². The van der Waals surface area contributed by atoms with E-state index in [2.05, 4.69) is 4.90 Å². The van der Waals surface area contributed by atoms with Gasteiger partial charge in [0.25, 0.3) is 5.91 Å². The molecule has 3 fully saturated rings. The minimum atomic E-state index is -0.982. The Morgan fingerprint density at radius 3 is 2.34 bits per heavy atom. The number of likely N-dealkylation sites (tertiary alicyclic amines) is 2. The molecule has 2 N–H and O–H groups in total. The van der Waals surface area contributed by atoms with Gasteiger partial charge in [-0.2, -0.15) is 0 Å². The van der Waals surface area contributed by atoms with Gasteiger partial charge in [-0.3, -0.25) is 9.59 Å². The lowest BCUT2D eigenvalue weighted by Gasteiger charge is -2.38. The summed E-state index contributed by atoms with van der Waals surface area (Å²) in [5.41, 5.74) is 6.88. The summed E-state index contributed by atoms with van der Waals surface area (Å²) >= 11 is 0. The summed E-state index contributed by atoms with van der Waals surface area (Å²) in [6.45, 7) is 3.68. The van der Waals surface area contributed by atoms with E-state index >= 15 is 4.39 Å². The van der Waals surface area contributed by atoms with Crippen molar-refractivity contribution in [3.8, 4) is 16.9 Å². The first-order valence-electron chi connectivity index (χ1n) is 14.3. The van der Waals surface area contributed by atoms with Crippen LogP contribution in [0.25, 0.3) is 11.1 Å². The molecule has 1 atom stereocenters. The Morgan fingerprint density at radius 1 is 0.921 bits per heavy atom. The predicted molar refractivity (Wildman–Crippen MR) is 147 cm³/mol. The monoisotopic (exact) mass is 521 g/mol. The van der Waals surface area contributed by atoms with Gasteiger partial charge in [-0.05, 0) is 86.9 Å². The molecule has 0 radical (unpaired) electrons. The minimum absolute atomic E-state index is 0.157. The van der Waals surface area contributed by atoms with Crippen LogP contribution >= 0.6 is 0 Å². The number of carbonyl (C=O) groups is 2. The van der Waals surface area contributed by atoms with Gasteiger partial charge in [0.05, 0.1) is 6.61 Å². The number of nitrogens with zero attached hydrogens (tertiary/aromatic N) is 2. The number of carbonyl (C=O) groups excluding carboxylic acids is 2. The van der Waals surface area contributed by atoms with Crippen molar-refractivity contribution in [1.29, 1.82) is 0 Å². The Balaban J connectivity index is 1.15. The number of halogens is 1. The van der Waals surface area contributed by atoms with Gasteiger partial charge in [0.2, 0.25) is 5.91 Å². The number of hydrogen-bond donors (Lipinski definition) is 1. The average Bonchev–Trinajstić information content (AvgIpc) is 3.44. The van der Waals surface area contributed by atoms with E-state index in [1.165, 1.54) is 6.42 Å². The number of nitrogens with two attached hydrogens (primary N) is 1. The van der Waals surface area contributed by atoms with Crippen LogP contribution in [0.3, 0.4) is 0 Å². The van der Waals surface area contributed by atoms with Crippen LogP contribution in [0.5, 0.6) is 5.75 Å². The lowest BCUT2D eigenvalue weighted by atomic mass is 9.85. The fourth-order valence-electron chi connectivity index (χ4n) is 6.38. The lowest BCUT2D eigenvalue weighted by Crippen LogP contribution is -2.45. The zero-order valence-corrected chi connectivity index (χ0v) is 22.2. The molecule has 2 amide bonds. The Morgan fingerprint density at radius 2 is 1.63 bits per heavy atom. The van der Waals surface area contributed by atoms with Crippen LogP contribution in [0.4, 0.5) is 4.39 Å². The minimum Gasteiger partial charge on any atom is -0.493 e. The molecule has 2 heterocycles. The number of alkyl halides is 1. The molecule has 5 rings (SSSR count). The number of piperidine rings is 1. The first-order valence-corrected chi connectivity index (χ1v) is 14.3. The molecule has 2 aromatic rings. The number of primary amides is 1. The van der Waals surface area contributed by atoms with E-state index < -0.39 is 17.6 Å². The molecule has 0 spiro atoms. The molecular weight excluding hydrogens is 481 g/mol. The second kappa shape index (κ2) is 11.9. The van der Waals surface area contributed by atoms with Crippen LogP contribution in [0.2, 0.25) is 0 Å². The summed E-state index contributed by atoms with van der Waals surface area (Å²) in [6, 6.07) is 14.8. The van der Waals surface area contributed by atoms with Gasteiger partial charge in [0.1, 0.15) is 17.5 Å². The number of ether oxygens (including phenoxy) is 1. The molecule has 1 aliphatic carbocycles. The van der Waals surface area contributed by atoms with Crippen molar-refractivity contribution in [3.63, 3.8) is 0 Å². The Kier molecular flexibility index (Phi) is 8.32. The topological polar surface area (TPSA) is 75.9 Å². The van der Waals surface area contributed by atoms with Crippen LogP contribution in [-0.2, 0) is 4.79 Å². The van der Waals surface area contributed by atoms with E-state index in [0.717, 1.165) is 74.9 Å². The zero-order chi connectivity index (χ0) is 26.5. The fourth-order valence-corrected chi connectivity index (χ4v) is 6.38. The highest BCUT2D eigenvalue weighted by Gasteiger charge is 2.35. The Hall–Kier alpha value is -2.93. The van der Waals surface area contributed by atoms with Crippen LogP contribution in [0, 0.1) is 5.92 Å². The highest BCUT2D eigenvalue weighted by Crippen LogP contribution is 2.34. The summed E-state index contributed by atoms with van der Waals surface area (Å²) < 4.78 is 21.2. The third-order valence-electron chi connectivity index (χ3n) is 8.61. The van der Waals surface area contributed by atoms with E-state index in [1.54, 1.807) is 4.90 Å². The van der Waals surface area contributed by atoms with Gasteiger partial charge in [0, 0.05) is 18.7 Å². The number of amides is 2. The maximum atomic E-state index is 15.1. The Bertz CT molecular complexity index is 1110. The highest BCUT2D eigenvalue weighted by atomic mass is 19.1. The molecule has 0 unspecified atom stereocenters.